The van der Waals surface area contributed by atoms with Crippen molar-refractivity contribution in [3.8, 4) is 0 Å². The van der Waals surface area contributed by atoms with E-state index in [9.17, 15) is 13.2 Å². The first-order valence-electron chi connectivity index (χ1n) is 9.02. The van der Waals surface area contributed by atoms with Gasteiger partial charge in [-0.05, 0) is 38.0 Å². The molecule has 1 unspecified atom stereocenters. The van der Waals surface area contributed by atoms with E-state index >= 15 is 0 Å². The van der Waals surface area contributed by atoms with Crippen LogP contribution in [0.5, 0.6) is 0 Å². The highest BCUT2D eigenvalue weighted by Gasteiger charge is 2.32. The third-order valence-electron chi connectivity index (χ3n) is 4.65. The van der Waals surface area contributed by atoms with Crippen molar-refractivity contribution in [1.29, 1.82) is 0 Å². The van der Waals surface area contributed by atoms with Crippen LogP contribution in [0, 0.1) is 6.92 Å². The van der Waals surface area contributed by atoms with E-state index < -0.39 is 9.84 Å². The summed E-state index contributed by atoms with van der Waals surface area (Å²) in [4.78, 5) is 14.1. The molecule has 27 heavy (non-hydrogen) atoms. The molecule has 0 spiro atoms. The molecule has 1 aliphatic heterocycles. The molecule has 2 heterocycles. The van der Waals surface area contributed by atoms with Gasteiger partial charge in [-0.2, -0.15) is 0 Å². The number of anilines is 2. The van der Waals surface area contributed by atoms with E-state index in [2.05, 4.69) is 15.5 Å². The van der Waals surface area contributed by atoms with Crippen LogP contribution in [0.15, 0.2) is 36.4 Å². The van der Waals surface area contributed by atoms with Gasteiger partial charge < -0.3 is 10.2 Å². The van der Waals surface area contributed by atoms with Crippen LogP contribution in [0.4, 0.5) is 11.6 Å². The van der Waals surface area contributed by atoms with Crippen molar-refractivity contribution in [1.82, 2.24) is 10.2 Å². The van der Waals surface area contributed by atoms with Crippen LogP contribution in [-0.4, -0.2) is 48.6 Å². The molecular weight excluding hydrogens is 364 g/mol. The molecule has 0 saturated carbocycles. The summed E-state index contributed by atoms with van der Waals surface area (Å²) < 4.78 is 23.5. The largest absolute Gasteiger partial charge is 0.351 e. The summed E-state index contributed by atoms with van der Waals surface area (Å²) >= 11 is 0. The van der Waals surface area contributed by atoms with Gasteiger partial charge in [-0.3, -0.25) is 4.79 Å². The van der Waals surface area contributed by atoms with Crippen molar-refractivity contribution in [3.05, 3.63) is 47.5 Å². The molecule has 7 nitrogen and oxygen atoms in total. The van der Waals surface area contributed by atoms with Crippen molar-refractivity contribution in [2.24, 2.45) is 0 Å². The second-order valence-corrected chi connectivity index (χ2v) is 9.06. The standard InChI is InChI=1S/C19H24N4O3S/c1-3-23(16-9-10-27(25,26)13-16)18-8-7-17(21-22-18)20-19(24)12-15-6-4-5-14(2)11-15/h4-8,11,16H,3,9-10,12-13H2,1-2H3,(H,20,21,24). The van der Waals surface area contributed by atoms with E-state index in [0.29, 0.717) is 24.6 Å². The number of rotatable bonds is 6. The van der Waals surface area contributed by atoms with Gasteiger partial charge in [0.25, 0.3) is 0 Å². The van der Waals surface area contributed by atoms with Crippen LogP contribution < -0.4 is 10.2 Å². The number of sulfone groups is 1. The van der Waals surface area contributed by atoms with Crippen LogP contribution in [0.2, 0.25) is 0 Å². The normalized spacial score (nSPS) is 18.2. The molecule has 1 saturated heterocycles. The third kappa shape index (κ3) is 5.03. The summed E-state index contributed by atoms with van der Waals surface area (Å²) in [5.74, 6) is 1.21. The topological polar surface area (TPSA) is 92.3 Å². The predicted octanol–water partition coefficient (Wildman–Crippen LogP) is 1.98. The summed E-state index contributed by atoms with van der Waals surface area (Å²) in [6, 6.07) is 11.2. The molecule has 1 fully saturated rings. The van der Waals surface area contributed by atoms with Gasteiger partial charge in [0, 0.05) is 12.6 Å². The number of carbonyl (C=O) groups excluding carboxylic acids is 1. The molecule has 0 radical (unpaired) electrons. The molecule has 3 rings (SSSR count). The number of aromatic nitrogens is 2. The van der Waals surface area contributed by atoms with E-state index in [-0.39, 0.29) is 29.9 Å². The molecule has 1 aromatic heterocycles. The van der Waals surface area contributed by atoms with Crippen LogP contribution in [0.25, 0.3) is 0 Å². The van der Waals surface area contributed by atoms with Crippen molar-refractivity contribution < 1.29 is 13.2 Å². The lowest BCUT2D eigenvalue weighted by Gasteiger charge is -2.27. The van der Waals surface area contributed by atoms with E-state index in [4.69, 9.17) is 0 Å². The molecule has 0 aliphatic carbocycles. The number of hydrogen-bond donors (Lipinski definition) is 1. The zero-order valence-corrected chi connectivity index (χ0v) is 16.4. The van der Waals surface area contributed by atoms with Gasteiger partial charge in [0.1, 0.15) is 0 Å². The highest BCUT2D eigenvalue weighted by Crippen LogP contribution is 2.22. The number of hydrogen-bond acceptors (Lipinski definition) is 6. The fraction of sp³-hybridized carbons (Fsp3) is 0.421. The first kappa shape index (κ1) is 19.3. The number of amides is 1. The lowest BCUT2D eigenvalue weighted by Crippen LogP contribution is -2.36. The van der Waals surface area contributed by atoms with Gasteiger partial charge >= 0.3 is 0 Å². The maximum Gasteiger partial charge on any atom is 0.229 e. The molecule has 8 heteroatoms. The van der Waals surface area contributed by atoms with E-state index in [1.807, 2.05) is 43.0 Å². The van der Waals surface area contributed by atoms with Crippen LogP contribution in [0.3, 0.4) is 0 Å². The SMILES string of the molecule is CCN(c1ccc(NC(=O)Cc2cccc(C)c2)nn1)C1CCS(=O)(=O)C1. The summed E-state index contributed by atoms with van der Waals surface area (Å²) in [7, 11) is -2.96. The zero-order valence-electron chi connectivity index (χ0n) is 15.6. The smallest absolute Gasteiger partial charge is 0.229 e. The Morgan fingerprint density at radius 3 is 2.67 bits per heavy atom. The highest BCUT2D eigenvalue weighted by molar-refractivity contribution is 7.91. The monoisotopic (exact) mass is 388 g/mol. The Hall–Kier alpha value is -2.48. The predicted molar refractivity (Wildman–Crippen MR) is 106 cm³/mol. The first-order valence-corrected chi connectivity index (χ1v) is 10.8. The second-order valence-electron chi connectivity index (χ2n) is 6.83. The number of nitrogens with one attached hydrogen (secondary N) is 1. The summed E-state index contributed by atoms with van der Waals surface area (Å²) in [5.41, 5.74) is 2.05. The van der Waals surface area contributed by atoms with Crippen LogP contribution in [0.1, 0.15) is 24.5 Å². The number of aryl methyl sites for hydroxylation is 1. The Bertz CT molecular complexity index is 913. The van der Waals surface area contributed by atoms with E-state index in [1.165, 1.54) is 0 Å². The third-order valence-corrected chi connectivity index (χ3v) is 6.40. The van der Waals surface area contributed by atoms with E-state index in [0.717, 1.165) is 11.1 Å². The molecule has 1 aliphatic rings. The number of benzene rings is 1. The van der Waals surface area contributed by atoms with Crippen molar-refractivity contribution in [3.63, 3.8) is 0 Å². The molecule has 2 aromatic rings. The minimum absolute atomic E-state index is 0.0731. The molecular formula is C19H24N4O3S. The Labute approximate surface area is 159 Å². The Morgan fingerprint density at radius 1 is 1.26 bits per heavy atom. The summed E-state index contributed by atoms with van der Waals surface area (Å²) in [5, 5.41) is 11.0. The average Bonchev–Trinajstić information content (AvgIpc) is 2.96. The molecule has 0 bridgehead atoms. The quantitative estimate of drug-likeness (QED) is 0.813. The molecule has 1 atom stereocenters. The lowest BCUT2D eigenvalue weighted by atomic mass is 10.1. The molecule has 144 valence electrons. The first-order chi connectivity index (χ1) is 12.9. The van der Waals surface area contributed by atoms with Gasteiger partial charge in [0.15, 0.2) is 21.5 Å². The lowest BCUT2D eigenvalue weighted by molar-refractivity contribution is -0.115. The van der Waals surface area contributed by atoms with Gasteiger partial charge in [0.2, 0.25) is 5.91 Å². The Kier molecular flexibility index (Phi) is 5.74. The Morgan fingerprint density at radius 2 is 2.07 bits per heavy atom. The van der Waals surface area contributed by atoms with Gasteiger partial charge in [0.05, 0.1) is 17.9 Å². The van der Waals surface area contributed by atoms with Gasteiger partial charge in [-0.1, -0.05) is 29.8 Å². The fourth-order valence-electron chi connectivity index (χ4n) is 3.37. The van der Waals surface area contributed by atoms with Crippen LogP contribution in [-0.2, 0) is 21.1 Å². The van der Waals surface area contributed by atoms with Gasteiger partial charge in [-0.25, -0.2) is 8.42 Å². The maximum absolute atomic E-state index is 12.2. The molecule has 1 N–H and O–H groups in total. The van der Waals surface area contributed by atoms with Crippen molar-refractivity contribution in [2.45, 2.75) is 32.7 Å². The second kappa shape index (κ2) is 8.04. The number of carbonyl (C=O) groups is 1. The van der Waals surface area contributed by atoms with Crippen molar-refractivity contribution in [2.75, 3.05) is 28.3 Å². The van der Waals surface area contributed by atoms with Gasteiger partial charge in [-0.15, -0.1) is 10.2 Å². The number of nitrogens with zero attached hydrogens (tertiary/aromatic N) is 3. The zero-order chi connectivity index (χ0) is 19.4. The van der Waals surface area contributed by atoms with Crippen molar-refractivity contribution >= 4 is 27.4 Å². The molecule has 1 aromatic carbocycles. The highest BCUT2D eigenvalue weighted by atomic mass is 32.2. The Balaban J connectivity index is 1.63. The van der Waals surface area contributed by atoms with E-state index in [1.54, 1.807) is 12.1 Å². The fourth-order valence-corrected chi connectivity index (χ4v) is 5.10. The minimum Gasteiger partial charge on any atom is -0.351 e. The summed E-state index contributed by atoms with van der Waals surface area (Å²) in [6.45, 7) is 4.60. The molecule has 1 amide bonds. The summed E-state index contributed by atoms with van der Waals surface area (Å²) in [6.07, 6.45) is 0.874. The maximum atomic E-state index is 12.2. The van der Waals surface area contributed by atoms with Crippen LogP contribution >= 0.6 is 0 Å². The average molecular weight is 388 g/mol. The minimum atomic E-state index is -2.96.